The molecular weight excluding hydrogens is 393 g/mol. The number of ether oxygens (including phenoxy) is 1. The summed E-state index contributed by atoms with van der Waals surface area (Å²) in [6.45, 7) is 0. The van der Waals surface area contributed by atoms with Crippen LogP contribution in [-0.4, -0.2) is 26.0 Å². The summed E-state index contributed by atoms with van der Waals surface area (Å²) in [7, 11) is -4.20. The Morgan fingerprint density at radius 1 is 0.893 bits per heavy atom. The van der Waals surface area contributed by atoms with Gasteiger partial charge >= 0.3 is 15.5 Å². The first-order chi connectivity index (χ1) is 13.2. The van der Waals surface area contributed by atoms with Crippen molar-refractivity contribution < 1.29 is 26.3 Å². The average molecular weight is 408 g/mol. The van der Waals surface area contributed by atoms with E-state index < -0.39 is 15.5 Å². The van der Waals surface area contributed by atoms with Gasteiger partial charge in [0.05, 0.1) is 18.5 Å². The van der Waals surface area contributed by atoms with Crippen molar-refractivity contribution in [3.8, 4) is 17.0 Å². The van der Waals surface area contributed by atoms with E-state index in [4.69, 9.17) is 4.74 Å². The number of halogens is 3. The molecule has 0 bridgehead atoms. The van der Waals surface area contributed by atoms with E-state index in [9.17, 15) is 21.6 Å². The second-order valence-corrected chi connectivity index (χ2v) is 7.44. The zero-order valence-electron chi connectivity index (χ0n) is 14.6. The number of anilines is 2. The molecule has 0 spiro atoms. The second-order valence-electron chi connectivity index (χ2n) is 5.66. The molecule has 0 radical (unpaired) electrons. The molecule has 0 saturated heterocycles. The number of para-hydroxylation sites is 1. The number of rotatable bonds is 5. The first-order valence-electron chi connectivity index (χ1n) is 8.02. The first kappa shape index (κ1) is 19.7. The molecule has 0 unspecified atom stereocenters. The predicted molar refractivity (Wildman–Crippen MR) is 99.8 cm³/mol. The van der Waals surface area contributed by atoms with E-state index in [2.05, 4.69) is 4.98 Å². The SMILES string of the molecule is COc1ccc(-c2cccc(N(c3ccccc3)S(=O)(=O)C(F)(F)F)n2)cc1. The summed E-state index contributed by atoms with van der Waals surface area (Å²) in [6.07, 6.45) is 0. The summed E-state index contributed by atoms with van der Waals surface area (Å²) >= 11 is 0. The molecule has 0 fully saturated rings. The number of aromatic nitrogens is 1. The van der Waals surface area contributed by atoms with Gasteiger partial charge in [0.2, 0.25) is 0 Å². The fourth-order valence-electron chi connectivity index (χ4n) is 2.52. The summed E-state index contributed by atoms with van der Waals surface area (Å²) in [4.78, 5) is 4.16. The van der Waals surface area contributed by atoms with Crippen LogP contribution in [0.5, 0.6) is 5.75 Å². The van der Waals surface area contributed by atoms with E-state index in [1.807, 2.05) is 0 Å². The molecule has 1 aromatic heterocycles. The van der Waals surface area contributed by atoms with Crippen molar-refractivity contribution in [2.45, 2.75) is 5.51 Å². The van der Waals surface area contributed by atoms with Crippen LogP contribution in [0.25, 0.3) is 11.3 Å². The zero-order valence-corrected chi connectivity index (χ0v) is 15.4. The number of hydrogen-bond donors (Lipinski definition) is 0. The maximum Gasteiger partial charge on any atom is 0.517 e. The lowest BCUT2D eigenvalue weighted by Gasteiger charge is -2.24. The van der Waals surface area contributed by atoms with Gasteiger partial charge in [-0.25, -0.2) is 9.29 Å². The zero-order chi connectivity index (χ0) is 20.4. The molecule has 0 N–H and O–H groups in total. The molecule has 146 valence electrons. The fourth-order valence-corrected chi connectivity index (χ4v) is 3.47. The van der Waals surface area contributed by atoms with Crippen LogP contribution in [-0.2, 0) is 10.0 Å². The Balaban J connectivity index is 2.13. The van der Waals surface area contributed by atoms with Gasteiger partial charge < -0.3 is 4.74 Å². The van der Waals surface area contributed by atoms with Crippen LogP contribution in [0, 0.1) is 0 Å². The molecule has 0 aliphatic heterocycles. The minimum Gasteiger partial charge on any atom is -0.497 e. The van der Waals surface area contributed by atoms with E-state index >= 15 is 0 Å². The summed E-state index contributed by atoms with van der Waals surface area (Å²) in [5, 5.41) is 0. The molecule has 0 saturated carbocycles. The minimum atomic E-state index is -5.70. The summed E-state index contributed by atoms with van der Waals surface area (Å²) in [5.74, 6) is 0.238. The third-order valence-corrected chi connectivity index (χ3v) is 5.32. The van der Waals surface area contributed by atoms with Crippen LogP contribution in [0.4, 0.5) is 24.7 Å². The van der Waals surface area contributed by atoms with Gasteiger partial charge in [0.1, 0.15) is 11.6 Å². The van der Waals surface area contributed by atoms with Crippen molar-refractivity contribution in [3.63, 3.8) is 0 Å². The van der Waals surface area contributed by atoms with E-state index in [0.29, 0.717) is 17.0 Å². The first-order valence-corrected chi connectivity index (χ1v) is 9.46. The van der Waals surface area contributed by atoms with Gasteiger partial charge in [0.15, 0.2) is 0 Å². The van der Waals surface area contributed by atoms with Crippen LogP contribution in [0.1, 0.15) is 0 Å². The molecule has 3 aromatic rings. The Morgan fingerprint density at radius 2 is 1.54 bits per heavy atom. The normalized spacial score (nSPS) is 11.9. The average Bonchev–Trinajstić information content (AvgIpc) is 2.68. The van der Waals surface area contributed by atoms with E-state index in [-0.39, 0.29) is 15.8 Å². The van der Waals surface area contributed by atoms with Crippen molar-refractivity contribution in [3.05, 3.63) is 72.8 Å². The topological polar surface area (TPSA) is 59.5 Å². The number of alkyl halides is 3. The summed E-state index contributed by atoms with van der Waals surface area (Å²) in [6, 6.07) is 17.9. The van der Waals surface area contributed by atoms with Crippen LogP contribution in [0.3, 0.4) is 0 Å². The molecular formula is C19H15F3N2O3S. The van der Waals surface area contributed by atoms with E-state index in [1.54, 1.807) is 36.4 Å². The lowest BCUT2D eigenvalue weighted by atomic mass is 10.1. The third-order valence-electron chi connectivity index (χ3n) is 3.85. The van der Waals surface area contributed by atoms with Crippen LogP contribution >= 0.6 is 0 Å². The molecule has 0 aliphatic rings. The smallest absolute Gasteiger partial charge is 0.497 e. The van der Waals surface area contributed by atoms with Crippen LogP contribution in [0.2, 0.25) is 0 Å². The largest absolute Gasteiger partial charge is 0.517 e. The Hall–Kier alpha value is -3.07. The number of sulfonamides is 1. The van der Waals surface area contributed by atoms with E-state index in [1.165, 1.54) is 43.5 Å². The molecule has 2 aromatic carbocycles. The Labute approximate surface area is 160 Å². The van der Waals surface area contributed by atoms with E-state index in [0.717, 1.165) is 0 Å². The lowest BCUT2D eigenvalue weighted by molar-refractivity contribution is -0.0435. The predicted octanol–water partition coefficient (Wildman–Crippen LogP) is 4.74. The monoisotopic (exact) mass is 408 g/mol. The van der Waals surface area contributed by atoms with Crippen molar-refractivity contribution in [2.24, 2.45) is 0 Å². The highest BCUT2D eigenvalue weighted by Gasteiger charge is 2.51. The van der Waals surface area contributed by atoms with Gasteiger partial charge in [-0.1, -0.05) is 24.3 Å². The van der Waals surface area contributed by atoms with Crippen LogP contribution < -0.4 is 9.04 Å². The number of pyridine rings is 1. The number of hydrogen-bond acceptors (Lipinski definition) is 4. The van der Waals surface area contributed by atoms with Gasteiger partial charge in [-0.05, 0) is 48.5 Å². The molecule has 0 aliphatic carbocycles. The lowest BCUT2D eigenvalue weighted by Crippen LogP contribution is -2.38. The highest BCUT2D eigenvalue weighted by Crippen LogP contribution is 2.36. The highest BCUT2D eigenvalue weighted by molar-refractivity contribution is 7.94. The van der Waals surface area contributed by atoms with Gasteiger partial charge in [0.25, 0.3) is 0 Å². The molecule has 1 heterocycles. The van der Waals surface area contributed by atoms with Gasteiger partial charge in [0, 0.05) is 5.56 Å². The molecule has 3 rings (SSSR count). The third kappa shape index (κ3) is 3.79. The maximum absolute atomic E-state index is 13.3. The van der Waals surface area contributed by atoms with Crippen molar-refractivity contribution in [2.75, 3.05) is 11.4 Å². The fraction of sp³-hybridized carbons (Fsp3) is 0.105. The number of methoxy groups -OCH3 is 1. The maximum atomic E-state index is 13.3. The summed E-state index contributed by atoms with van der Waals surface area (Å²) < 4.78 is 69.6. The second kappa shape index (κ2) is 7.51. The number of benzene rings is 2. The molecule has 0 amide bonds. The molecule has 0 atom stereocenters. The Morgan fingerprint density at radius 3 is 2.11 bits per heavy atom. The molecule has 28 heavy (non-hydrogen) atoms. The van der Waals surface area contributed by atoms with Crippen LogP contribution in [0.15, 0.2) is 72.8 Å². The molecule has 9 heteroatoms. The van der Waals surface area contributed by atoms with Gasteiger partial charge in [-0.2, -0.15) is 21.6 Å². The quantitative estimate of drug-likeness (QED) is 0.612. The standard InChI is InChI=1S/C19H15F3N2O3S/c1-27-16-12-10-14(11-13-16)17-8-5-9-18(23-17)24(15-6-3-2-4-7-15)28(25,26)19(20,21)22/h2-13H,1H3. The Kier molecular flexibility index (Phi) is 5.28. The van der Waals surface area contributed by atoms with Crippen molar-refractivity contribution >= 4 is 21.5 Å². The highest BCUT2D eigenvalue weighted by atomic mass is 32.2. The number of nitrogens with zero attached hydrogens (tertiary/aromatic N) is 2. The van der Waals surface area contributed by atoms with Crippen molar-refractivity contribution in [1.82, 2.24) is 4.98 Å². The minimum absolute atomic E-state index is 0.167. The Bertz CT molecular complexity index is 1050. The summed E-state index contributed by atoms with van der Waals surface area (Å²) in [5.41, 5.74) is -4.74. The van der Waals surface area contributed by atoms with Gasteiger partial charge in [-0.15, -0.1) is 0 Å². The van der Waals surface area contributed by atoms with Crippen molar-refractivity contribution in [1.29, 1.82) is 0 Å². The van der Waals surface area contributed by atoms with Gasteiger partial charge in [-0.3, -0.25) is 0 Å². The molecule has 5 nitrogen and oxygen atoms in total.